The van der Waals surface area contributed by atoms with E-state index in [2.05, 4.69) is 22.1 Å². The summed E-state index contributed by atoms with van der Waals surface area (Å²) in [6.07, 6.45) is 0.676. The van der Waals surface area contributed by atoms with E-state index in [-0.39, 0.29) is 5.56 Å². The Morgan fingerprint density at radius 3 is 2.74 bits per heavy atom. The van der Waals surface area contributed by atoms with Gasteiger partial charge in [-0.05, 0) is 36.8 Å². The van der Waals surface area contributed by atoms with Crippen LogP contribution < -0.4 is 5.56 Å². The van der Waals surface area contributed by atoms with E-state index >= 15 is 0 Å². The fraction of sp³-hybridized carbons (Fsp3) is 0.167. The smallest absolute Gasteiger partial charge is 0.267 e. The number of fused-ring (bicyclic) bond motifs is 2. The van der Waals surface area contributed by atoms with Crippen LogP contribution in [0.1, 0.15) is 18.3 Å². The van der Waals surface area contributed by atoms with Crippen LogP contribution in [0.25, 0.3) is 26.3 Å². The summed E-state index contributed by atoms with van der Waals surface area (Å²) in [7, 11) is 0. The largest absolute Gasteiger partial charge is 0.268 e. The molecule has 0 amide bonds. The van der Waals surface area contributed by atoms with E-state index in [9.17, 15) is 4.79 Å². The molecule has 0 aliphatic rings. The molecule has 2 aromatic heterocycles. The summed E-state index contributed by atoms with van der Waals surface area (Å²) in [5.74, 6) is 0.740. The van der Waals surface area contributed by atoms with Gasteiger partial charge in [0.2, 0.25) is 0 Å². The van der Waals surface area contributed by atoms with Crippen LogP contribution in [0.3, 0.4) is 0 Å². The second-order valence-electron chi connectivity index (χ2n) is 5.51. The number of nitrogens with zero attached hydrogens (tertiary/aromatic N) is 3. The van der Waals surface area contributed by atoms with Crippen molar-refractivity contribution in [1.82, 2.24) is 14.5 Å². The van der Waals surface area contributed by atoms with Gasteiger partial charge in [0.1, 0.15) is 5.82 Å². The van der Waals surface area contributed by atoms with Crippen molar-refractivity contribution in [2.45, 2.75) is 20.3 Å². The molecular weight excluding hydrogens is 306 g/mol. The average Bonchev–Trinajstić information content (AvgIpc) is 2.97. The lowest BCUT2D eigenvalue weighted by Crippen LogP contribution is -2.23. The number of aryl methyl sites for hydroxylation is 2. The highest BCUT2D eigenvalue weighted by Gasteiger charge is 2.14. The van der Waals surface area contributed by atoms with Crippen LogP contribution in [-0.4, -0.2) is 14.5 Å². The lowest BCUT2D eigenvalue weighted by molar-refractivity contribution is 0.829. The number of aromatic nitrogens is 3. The van der Waals surface area contributed by atoms with Crippen molar-refractivity contribution < 1.29 is 0 Å². The second-order valence-corrected chi connectivity index (χ2v) is 6.52. The molecule has 4 nitrogen and oxygen atoms in total. The maximum Gasteiger partial charge on any atom is 0.267 e. The SMILES string of the molecule is CCc1nc2ccccc2c(=O)n1-c1nc2cc(C)ccc2s1. The second kappa shape index (κ2) is 5.28. The minimum atomic E-state index is -0.0526. The molecule has 0 spiro atoms. The molecule has 2 aromatic carbocycles. The van der Waals surface area contributed by atoms with Crippen LogP contribution in [-0.2, 0) is 6.42 Å². The summed E-state index contributed by atoms with van der Waals surface area (Å²) >= 11 is 1.52. The van der Waals surface area contributed by atoms with Gasteiger partial charge in [0.25, 0.3) is 5.56 Å². The molecule has 0 aliphatic carbocycles. The van der Waals surface area contributed by atoms with Gasteiger partial charge in [0, 0.05) is 6.42 Å². The maximum atomic E-state index is 12.9. The summed E-state index contributed by atoms with van der Waals surface area (Å²) in [6, 6.07) is 13.6. The Hall–Kier alpha value is -2.53. The number of thiazole rings is 1. The van der Waals surface area contributed by atoms with Crippen LogP contribution in [0.15, 0.2) is 47.3 Å². The Bertz CT molecular complexity index is 1090. The van der Waals surface area contributed by atoms with Gasteiger partial charge in [0.05, 0.1) is 21.1 Å². The predicted molar refractivity (Wildman–Crippen MR) is 94.6 cm³/mol. The van der Waals surface area contributed by atoms with E-state index in [1.807, 2.05) is 44.2 Å². The molecular formula is C18H15N3OS. The Balaban J connectivity index is 2.06. The van der Waals surface area contributed by atoms with Crippen LogP contribution in [0.4, 0.5) is 0 Å². The van der Waals surface area contributed by atoms with E-state index < -0.39 is 0 Å². The number of hydrogen-bond donors (Lipinski definition) is 0. The first kappa shape index (κ1) is 14.1. The van der Waals surface area contributed by atoms with Crippen LogP contribution in [0, 0.1) is 6.92 Å². The molecule has 0 saturated carbocycles. The molecule has 114 valence electrons. The van der Waals surface area contributed by atoms with Crippen molar-refractivity contribution in [2.75, 3.05) is 0 Å². The topological polar surface area (TPSA) is 47.8 Å². The maximum absolute atomic E-state index is 12.9. The summed E-state index contributed by atoms with van der Waals surface area (Å²) in [4.78, 5) is 22.3. The van der Waals surface area contributed by atoms with Crippen molar-refractivity contribution >= 4 is 32.5 Å². The fourth-order valence-electron chi connectivity index (χ4n) is 2.73. The molecule has 0 N–H and O–H groups in total. The van der Waals surface area contributed by atoms with E-state index in [1.165, 1.54) is 11.3 Å². The highest BCUT2D eigenvalue weighted by atomic mass is 32.1. The van der Waals surface area contributed by atoms with Crippen molar-refractivity contribution in [3.05, 3.63) is 64.2 Å². The van der Waals surface area contributed by atoms with E-state index in [0.717, 1.165) is 27.1 Å². The van der Waals surface area contributed by atoms with Crippen LogP contribution in [0.5, 0.6) is 0 Å². The minimum Gasteiger partial charge on any atom is -0.268 e. The number of rotatable bonds is 2. The summed E-state index contributed by atoms with van der Waals surface area (Å²) < 4.78 is 2.73. The molecule has 0 saturated heterocycles. The molecule has 2 heterocycles. The molecule has 0 aliphatic heterocycles. The van der Waals surface area contributed by atoms with Gasteiger partial charge in [0.15, 0.2) is 5.13 Å². The predicted octanol–water partition coefficient (Wildman–Crippen LogP) is 3.87. The Morgan fingerprint density at radius 1 is 1.09 bits per heavy atom. The lowest BCUT2D eigenvalue weighted by atomic mass is 10.2. The van der Waals surface area contributed by atoms with Gasteiger partial charge >= 0.3 is 0 Å². The van der Waals surface area contributed by atoms with Crippen LogP contribution in [0.2, 0.25) is 0 Å². The number of benzene rings is 2. The normalized spacial score (nSPS) is 11.4. The van der Waals surface area contributed by atoms with E-state index in [1.54, 1.807) is 4.57 Å². The summed E-state index contributed by atoms with van der Waals surface area (Å²) in [5.41, 5.74) is 2.77. The van der Waals surface area contributed by atoms with Crippen LogP contribution >= 0.6 is 11.3 Å². The Kier molecular flexibility index (Phi) is 3.23. The molecule has 4 rings (SSSR count). The first-order valence-electron chi connectivity index (χ1n) is 7.55. The zero-order valence-corrected chi connectivity index (χ0v) is 13.7. The first-order valence-corrected chi connectivity index (χ1v) is 8.37. The van der Waals surface area contributed by atoms with Gasteiger partial charge in [-0.3, -0.25) is 4.79 Å². The molecule has 23 heavy (non-hydrogen) atoms. The van der Waals surface area contributed by atoms with Gasteiger partial charge in [-0.15, -0.1) is 0 Å². The van der Waals surface area contributed by atoms with E-state index in [0.29, 0.717) is 16.9 Å². The summed E-state index contributed by atoms with van der Waals surface area (Å²) in [5, 5.41) is 1.31. The standard InChI is InChI=1S/C18H15N3OS/c1-3-16-19-13-7-5-4-6-12(13)17(22)21(16)18-20-14-10-11(2)8-9-15(14)23-18/h4-10H,3H2,1-2H3. The molecule has 4 aromatic rings. The monoisotopic (exact) mass is 321 g/mol. The fourth-order valence-corrected chi connectivity index (χ4v) is 3.70. The third-order valence-corrected chi connectivity index (χ3v) is 4.91. The minimum absolute atomic E-state index is 0.0526. The Morgan fingerprint density at radius 2 is 1.91 bits per heavy atom. The zero-order valence-electron chi connectivity index (χ0n) is 12.9. The third kappa shape index (κ3) is 2.24. The number of para-hydroxylation sites is 1. The van der Waals surface area contributed by atoms with Gasteiger partial charge in [-0.1, -0.05) is 36.5 Å². The molecule has 0 unspecified atom stereocenters. The first-order chi connectivity index (χ1) is 11.2. The highest BCUT2D eigenvalue weighted by molar-refractivity contribution is 7.20. The zero-order chi connectivity index (χ0) is 16.0. The van der Waals surface area contributed by atoms with Crippen molar-refractivity contribution in [2.24, 2.45) is 0 Å². The number of hydrogen-bond acceptors (Lipinski definition) is 4. The van der Waals surface area contributed by atoms with Crippen molar-refractivity contribution in [3.8, 4) is 5.13 Å². The molecule has 5 heteroatoms. The summed E-state index contributed by atoms with van der Waals surface area (Å²) in [6.45, 7) is 4.05. The lowest BCUT2D eigenvalue weighted by Gasteiger charge is -2.09. The average molecular weight is 321 g/mol. The molecule has 0 fully saturated rings. The highest BCUT2D eigenvalue weighted by Crippen LogP contribution is 2.26. The van der Waals surface area contributed by atoms with Crippen molar-refractivity contribution in [3.63, 3.8) is 0 Å². The molecule has 0 atom stereocenters. The van der Waals surface area contributed by atoms with Gasteiger partial charge in [-0.2, -0.15) is 0 Å². The van der Waals surface area contributed by atoms with Crippen molar-refractivity contribution in [1.29, 1.82) is 0 Å². The third-order valence-electron chi connectivity index (χ3n) is 3.88. The van der Waals surface area contributed by atoms with Gasteiger partial charge < -0.3 is 0 Å². The van der Waals surface area contributed by atoms with E-state index in [4.69, 9.17) is 0 Å². The quantitative estimate of drug-likeness (QED) is 0.563. The van der Waals surface area contributed by atoms with Gasteiger partial charge in [-0.25, -0.2) is 14.5 Å². The Labute approximate surface area is 137 Å². The molecule has 0 radical (unpaired) electrons. The molecule has 0 bridgehead atoms.